The number of rotatable bonds is 6. The summed E-state index contributed by atoms with van der Waals surface area (Å²) in [7, 11) is 0. The highest BCUT2D eigenvalue weighted by atomic mass is 19.3. The molecule has 0 aliphatic carbocycles. The molecule has 0 aliphatic heterocycles. The number of carbonyl (C=O) groups excluding carboxylic acids is 1. The highest BCUT2D eigenvalue weighted by Crippen LogP contribution is 2.21. The number of nitrogens with zero attached hydrogens (tertiary/aromatic N) is 1. The number of halogens is 2. The van der Waals surface area contributed by atoms with E-state index in [-0.39, 0.29) is 11.7 Å². The maximum Gasteiger partial charge on any atom is 0.387 e. The van der Waals surface area contributed by atoms with E-state index in [1.54, 1.807) is 6.26 Å². The molecule has 1 aromatic carbocycles. The van der Waals surface area contributed by atoms with Gasteiger partial charge in [0.25, 0.3) is 5.91 Å². The van der Waals surface area contributed by atoms with E-state index in [0.717, 1.165) is 17.1 Å². The number of aromatic nitrogens is 1. The Morgan fingerprint density at radius 3 is 2.58 bits per heavy atom. The van der Waals surface area contributed by atoms with Crippen molar-refractivity contribution in [3.05, 3.63) is 71.4 Å². The van der Waals surface area contributed by atoms with Crippen molar-refractivity contribution in [3.8, 4) is 5.75 Å². The molecule has 0 atom stereocenters. The van der Waals surface area contributed by atoms with Gasteiger partial charge in [0.05, 0.1) is 18.4 Å². The molecule has 0 radical (unpaired) electrons. The lowest BCUT2D eigenvalue weighted by molar-refractivity contribution is -0.0498. The summed E-state index contributed by atoms with van der Waals surface area (Å²) in [5.74, 6) is 0.564. The first-order valence-corrected chi connectivity index (χ1v) is 7.99. The number of ether oxygens (including phenoxy) is 1. The van der Waals surface area contributed by atoms with Crippen LogP contribution in [0.2, 0.25) is 0 Å². The van der Waals surface area contributed by atoms with Gasteiger partial charge in [-0.2, -0.15) is 8.78 Å². The number of alkyl halides is 2. The minimum Gasteiger partial charge on any atom is -0.467 e. The number of benzene rings is 1. The summed E-state index contributed by atoms with van der Waals surface area (Å²) < 4.78 is 36.0. The van der Waals surface area contributed by atoms with Crippen LogP contribution in [-0.2, 0) is 6.54 Å². The summed E-state index contributed by atoms with van der Waals surface area (Å²) in [6, 6.07) is 11.3. The van der Waals surface area contributed by atoms with Crippen molar-refractivity contribution >= 4 is 11.6 Å². The predicted molar refractivity (Wildman–Crippen MR) is 92.7 cm³/mol. The molecule has 0 bridgehead atoms. The highest BCUT2D eigenvalue weighted by molar-refractivity contribution is 6.05. The van der Waals surface area contributed by atoms with E-state index in [1.807, 2.05) is 36.6 Å². The van der Waals surface area contributed by atoms with Crippen LogP contribution in [0.1, 0.15) is 27.5 Å². The first kappa shape index (κ1) is 17.7. The van der Waals surface area contributed by atoms with Crippen molar-refractivity contribution in [3.63, 3.8) is 0 Å². The summed E-state index contributed by atoms with van der Waals surface area (Å²) in [6.07, 6.45) is 1.61. The maximum atomic E-state index is 12.6. The van der Waals surface area contributed by atoms with Gasteiger partial charge < -0.3 is 19.0 Å². The Bertz CT molecular complexity index is 884. The third-order valence-corrected chi connectivity index (χ3v) is 4.05. The van der Waals surface area contributed by atoms with E-state index < -0.39 is 6.61 Å². The van der Waals surface area contributed by atoms with Crippen LogP contribution in [0.4, 0.5) is 14.5 Å². The van der Waals surface area contributed by atoms with Crippen LogP contribution in [0.3, 0.4) is 0 Å². The van der Waals surface area contributed by atoms with E-state index in [4.69, 9.17) is 4.42 Å². The van der Waals surface area contributed by atoms with Crippen LogP contribution in [0.25, 0.3) is 0 Å². The molecule has 1 N–H and O–H groups in total. The molecule has 0 unspecified atom stereocenters. The zero-order chi connectivity index (χ0) is 18.7. The van der Waals surface area contributed by atoms with Crippen LogP contribution >= 0.6 is 0 Å². The van der Waals surface area contributed by atoms with Crippen LogP contribution in [0.15, 0.2) is 53.1 Å². The monoisotopic (exact) mass is 360 g/mol. The van der Waals surface area contributed by atoms with Crippen molar-refractivity contribution in [1.82, 2.24) is 4.57 Å². The molecule has 1 amide bonds. The van der Waals surface area contributed by atoms with Crippen LogP contribution in [0, 0.1) is 13.8 Å². The number of amides is 1. The summed E-state index contributed by atoms with van der Waals surface area (Å²) >= 11 is 0. The van der Waals surface area contributed by atoms with Crippen molar-refractivity contribution in [2.75, 3.05) is 5.32 Å². The highest BCUT2D eigenvalue weighted by Gasteiger charge is 2.16. The Kier molecular flexibility index (Phi) is 5.06. The third kappa shape index (κ3) is 3.93. The number of aryl methyl sites for hydroxylation is 1. The normalized spacial score (nSPS) is 11.0. The lowest BCUT2D eigenvalue weighted by atomic mass is 10.2. The Balaban J connectivity index is 1.73. The quantitative estimate of drug-likeness (QED) is 0.699. The smallest absolute Gasteiger partial charge is 0.387 e. The Morgan fingerprint density at radius 1 is 1.23 bits per heavy atom. The van der Waals surface area contributed by atoms with E-state index in [9.17, 15) is 13.6 Å². The van der Waals surface area contributed by atoms with E-state index in [1.165, 1.54) is 24.3 Å². The molecule has 0 saturated carbocycles. The summed E-state index contributed by atoms with van der Waals surface area (Å²) in [5.41, 5.74) is 2.79. The lowest BCUT2D eigenvalue weighted by Gasteiger charge is -2.09. The fourth-order valence-corrected chi connectivity index (χ4v) is 2.75. The van der Waals surface area contributed by atoms with Gasteiger partial charge in [-0.1, -0.05) is 0 Å². The summed E-state index contributed by atoms with van der Waals surface area (Å²) in [6.45, 7) is 1.44. The second-order valence-electron chi connectivity index (χ2n) is 5.81. The number of furan rings is 1. The molecule has 2 aromatic heterocycles. The van der Waals surface area contributed by atoms with Gasteiger partial charge in [0.1, 0.15) is 11.5 Å². The fourth-order valence-electron chi connectivity index (χ4n) is 2.75. The largest absolute Gasteiger partial charge is 0.467 e. The van der Waals surface area contributed by atoms with Crippen LogP contribution < -0.4 is 10.1 Å². The van der Waals surface area contributed by atoms with E-state index in [0.29, 0.717) is 17.8 Å². The second-order valence-corrected chi connectivity index (χ2v) is 5.81. The SMILES string of the molecule is Cc1cc(C(=O)Nc2ccc(OC(F)F)cc2)c(C)n1Cc1ccco1. The zero-order valence-corrected chi connectivity index (χ0v) is 14.3. The van der Waals surface area contributed by atoms with Crippen molar-refractivity contribution in [2.45, 2.75) is 27.0 Å². The van der Waals surface area contributed by atoms with Gasteiger partial charge in [0, 0.05) is 17.1 Å². The molecule has 0 saturated heterocycles. The average Bonchev–Trinajstić information content (AvgIpc) is 3.20. The van der Waals surface area contributed by atoms with Gasteiger partial charge in [0.2, 0.25) is 0 Å². The minimum absolute atomic E-state index is 0.0367. The molecule has 3 rings (SSSR count). The molecule has 5 nitrogen and oxygen atoms in total. The molecule has 0 spiro atoms. The van der Waals surface area contributed by atoms with Gasteiger partial charge in [-0.25, -0.2) is 0 Å². The molecular formula is C19H18F2N2O3. The number of hydrogen-bond acceptors (Lipinski definition) is 3. The Morgan fingerprint density at radius 2 is 1.96 bits per heavy atom. The molecular weight excluding hydrogens is 342 g/mol. The number of hydrogen-bond donors (Lipinski definition) is 1. The first-order chi connectivity index (χ1) is 12.4. The Hall–Kier alpha value is -3.09. The van der Waals surface area contributed by atoms with Crippen molar-refractivity contribution < 1.29 is 22.7 Å². The Labute approximate surface area is 149 Å². The molecule has 7 heteroatoms. The van der Waals surface area contributed by atoms with Gasteiger partial charge in [-0.3, -0.25) is 4.79 Å². The van der Waals surface area contributed by atoms with Gasteiger partial charge >= 0.3 is 6.61 Å². The molecule has 136 valence electrons. The molecule has 26 heavy (non-hydrogen) atoms. The lowest BCUT2D eigenvalue weighted by Crippen LogP contribution is -2.13. The predicted octanol–water partition coefficient (Wildman–Crippen LogP) is 4.60. The fraction of sp³-hybridized carbons (Fsp3) is 0.211. The number of nitrogens with one attached hydrogen (secondary N) is 1. The standard InChI is InChI=1S/C19H18F2N2O3/c1-12-10-17(13(2)23(12)11-16-4-3-9-25-16)18(24)22-14-5-7-15(8-6-14)26-19(20)21/h3-10,19H,11H2,1-2H3,(H,22,24). The summed E-state index contributed by atoms with van der Waals surface area (Å²) in [4.78, 5) is 12.6. The molecule has 3 aromatic rings. The maximum absolute atomic E-state index is 12.6. The molecule has 0 fully saturated rings. The number of carbonyl (C=O) groups is 1. The van der Waals surface area contributed by atoms with Crippen molar-refractivity contribution in [2.24, 2.45) is 0 Å². The molecule has 0 aliphatic rings. The molecule has 2 heterocycles. The minimum atomic E-state index is -2.88. The van der Waals surface area contributed by atoms with E-state index in [2.05, 4.69) is 10.1 Å². The second kappa shape index (κ2) is 7.43. The van der Waals surface area contributed by atoms with Gasteiger partial charge in [0.15, 0.2) is 0 Å². The van der Waals surface area contributed by atoms with Crippen molar-refractivity contribution in [1.29, 1.82) is 0 Å². The van der Waals surface area contributed by atoms with Crippen LogP contribution in [-0.4, -0.2) is 17.1 Å². The zero-order valence-electron chi connectivity index (χ0n) is 14.3. The number of anilines is 1. The topological polar surface area (TPSA) is 56.4 Å². The average molecular weight is 360 g/mol. The van der Waals surface area contributed by atoms with E-state index >= 15 is 0 Å². The summed E-state index contributed by atoms with van der Waals surface area (Å²) in [5, 5.41) is 2.76. The van der Waals surface area contributed by atoms with Gasteiger partial charge in [-0.05, 0) is 56.3 Å². The third-order valence-electron chi connectivity index (χ3n) is 4.05. The first-order valence-electron chi connectivity index (χ1n) is 7.99. The van der Waals surface area contributed by atoms with Gasteiger partial charge in [-0.15, -0.1) is 0 Å². The van der Waals surface area contributed by atoms with Crippen LogP contribution in [0.5, 0.6) is 5.75 Å².